The van der Waals surface area contributed by atoms with Crippen molar-refractivity contribution in [3.8, 4) is 0 Å². The summed E-state index contributed by atoms with van der Waals surface area (Å²) in [7, 11) is 0. The fourth-order valence-electron chi connectivity index (χ4n) is 0.298. The molecule has 0 fully saturated rings. The van der Waals surface area contributed by atoms with E-state index in [4.69, 9.17) is 5.73 Å². The van der Waals surface area contributed by atoms with Gasteiger partial charge >= 0.3 is 0 Å². The summed E-state index contributed by atoms with van der Waals surface area (Å²) in [6.45, 7) is 0. The average molecular weight is 102 g/mol. The fourth-order valence-corrected chi connectivity index (χ4v) is 0.894. The SMILES string of the molecule is NC1=CSCN1. The van der Waals surface area contributed by atoms with Crippen molar-refractivity contribution in [1.29, 1.82) is 0 Å². The van der Waals surface area contributed by atoms with Gasteiger partial charge in [0.15, 0.2) is 0 Å². The van der Waals surface area contributed by atoms with E-state index in [9.17, 15) is 0 Å². The summed E-state index contributed by atoms with van der Waals surface area (Å²) in [5.74, 6) is 1.73. The smallest absolute Gasteiger partial charge is 0.103 e. The van der Waals surface area contributed by atoms with Crippen molar-refractivity contribution >= 4 is 11.8 Å². The zero-order chi connectivity index (χ0) is 4.41. The van der Waals surface area contributed by atoms with Crippen molar-refractivity contribution in [2.75, 3.05) is 5.88 Å². The van der Waals surface area contributed by atoms with Crippen molar-refractivity contribution in [2.24, 2.45) is 5.73 Å². The monoisotopic (exact) mass is 102 g/mol. The Bertz CT molecular complexity index is 78.9. The van der Waals surface area contributed by atoms with E-state index in [-0.39, 0.29) is 0 Å². The van der Waals surface area contributed by atoms with Crippen LogP contribution in [-0.4, -0.2) is 5.88 Å². The Labute approximate surface area is 40.8 Å². The first kappa shape index (κ1) is 3.87. The minimum Gasteiger partial charge on any atom is -0.385 e. The lowest BCUT2D eigenvalue weighted by atomic mass is 10.8. The number of nitrogens with one attached hydrogen (secondary N) is 1. The molecule has 2 nitrogen and oxygen atoms in total. The Morgan fingerprint density at radius 3 is 3.00 bits per heavy atom. The zero-order valence-corrected chi connectivity index (χ0v) is 4.09. The summed E-state index contributed by atoms with van der Waals surface area (Å²) in [4.78, 5) is 0. The molecule has 0 atom stereocenters. The van der Waals surface area contributed by atoms with Crippen molar-refractivity contribution in [2.45, 2.75) is 0 Å². The van der Waals surface area contributed by atoms with E-state index in [0.29, 0.717) is 0 Å². The molecule has 3 N–H and O–H groups in total. The van der Waals surface area contributed by atoms with Gasteiger partial charge in [0.05, 0.1) is 5.88 Å². The van der Waals surface area contributed by atoms with E-state index < -0.39 is 0 Å². The molecule has 1 heterocycles. The maximum Gasteiger partial charge on any atom is 0.103 e. The van der Waals surface area contributed by atoms with Crippen LogP contribution < -0.4 is 11.1 Å². The standard InChI is InChI=1S/C3H6N2S/c4-3-1-6-2-5-3/h1,5H,2,4H2. The fraction of sp³-hybridized carbons (Fsp3) is 0.333. The first-order valence-electron chi connectivity index (χ1n) is 1.71. The van der Waals surface area contributed by atoms with Gasteiger partial charge in [-0.05, 0) is 0 Å². The summed E-state index contributed by atoms with van der Waals surface area (Å²) in [5.41, 5.74) is 5.26. The number of nitrogens with two attached hydrogens (primary N) is 1. The van der Waals surface area contributed by atoms with Crippen molar-refractivity contribution in [3.63, 3.8) is 0 Å². The molecule has 0 bridgehead atoms. The van der Waals surface area contributed by atoms with Crippen molar-refractivity contribution in [3.05, 3.63) is 11.2 Å². The second-order valence-corrected chi connectivity index (χ2v) is 1.92. The van der Waals surface area contributed by atoms with Crippen LogP contribution in [0.3, 0.4) is 0 Å². The highest BCUT2D eigenvalue weighted by atomic mass is 32.2. The molecule has 0 radical (unpaired) electrons. The molecule has 0 spiro atoms. The number of rotatable bonds is 0. The molecule has 1 rings (SSSR count). The highest BCUT2D eigenvalue weighted by molar-refractivity contribution is 8.02. The first-order chi connectivity index (χ1) is 2.89. The Morgan fingerprint density at radius 2 is 2.83 bits per heavy atom. The Balaban J connectivity index is 2.45. The minimum absolute atomic E-state index is 0.792. The summed E-state index contributed by atoms with van der Waals surface area (Å²) >= 11 is 1.68. The molecule has 0 aromatic carbocycles. The van der Waals surface area contributed by atoms with Crippen LogP contribution in [0.4, 0.5) is 0 Å². The third kappa shape index (κ3) is 0.597. The Hall–Kier alpha value is -0.310. The lowest BCUT2D eigenvalue weighted by Gasteiger charge is -1.88. The molecule has 0 saturated heterocycles. The summed E-state index contributed by atoms with van der Waals surface area (Å²) in [6.07, 6.45) is 0. The third-order valence-electron chi connectivity index (χ3n) is 0.570. The molecule has 3 heteroatoms. The van der Waals surface area contributed by atoms with Gasteiger partial charge in [-0.3, -0.25) is 0 Å². The van der Waals surface area contributed by atoms with E-state index in [1.54, 1.807) is 11.8 Å². The van der Waals surface area contributed by atoms with Crippen LogP contribution in [0.15, 0.2) is 11.2 Å². The first-order valence-corrected chi connectivity index (χ1v) is 2.75. The Morgan fingerprint density at radius 1 is 2.00 bits per heavy atom. The molecule has 0 aromatic rings. The van der Waals surface area contributed by atoms with E-state index in [1.165, 1.54) is 0 Å². The van der Waals surface area contributed by atoms with Crippen LogP contribution in [0, 0.1) is 0 Å². The van der Waals surface area contributed by atoms with Gasteiger partial charge in [-0.25, -0.2) is 0 Å². The van der Waals surface area contributed by atoms with Crippen LogP contribution in [0.2, 0.25) is 0 Å². The summed E-state index contributed by atoms with van der Waals surface area (Å²) < 4.78 is 0. The van der Waals surface area contributed by atoms with Crippen LogP contribution >= 0.6 is 11.8 Å². The van der Waals surface area contributed by atoms with Gasteiger partial charge in [0.2, 0.25) is 0 Å². The molecule has 0 aromatic heterocycles. The largest absolute Gasteiger partial charge is 0.385 e. The molecule has 0 saturated carbocycles. The van der Waals surface area contributed by atoms with E-state index in [0.717, 1.165) is 11.7 Å². The molecule has 1 aliphatic heterocycles. The van der Waals surface area contributed by atoms with Crippen LogP contribution in [0.25, 0.3) is 0 Å². The lowest BCUT2D eigenvalue weighted by Crippen LogP contribution is -2.13. The lowest BCUT2D eigenvalue weighted by molar-refractivity contribution is 0.961. The second kappa shape index (κ2) is 1.43. The maximum atomic E-state index is 5.26. The minimum atomic E-state index is 0.792. The van der Waals surface area contributed by atoms with Gasteiger partial charge in [-0.1, -0.05) is 0 Å². The quantitative estimate of drug-likeness (QED) is 0.453. The molecule has 1 aliphatic rings. The average Bonchev–Trinajstić information content (AvgIpc) is 1.86. The van der Waals surface area contributed by atoms with Crippen LogP contribution in [0.5, 0.6) is 0 Å². The van der Waals surface area contributed by atoms with Gasteiger partial charge in [-0.15, -0.1) is 11.8 Å². The number of thioether (sulfide) groups is 1. The predicted octanol–water partition coefficient (Wildman–Crippen LogP) is 0.0379. The molecule has 0 aliphatic carbocycles. The van der Waals surface area contributed by atoms with Crippen molar-refractivity contribution in [1.82, 2.24) is 5.32 Å². The zero-order valence-electron chi connectivity index (χ0n) is 3.27. The van der Waals surface area contributed by atoms with Gasteiger partial charge in [-0.2, -0.15) is 0 Å². The molecular formula is C3H6N2S. The van der Waals surface area contributed by atoms with Crippen LogP contribution in [0.1, 0.15) is 0 Å². The predicted molar refractivity (Wildman–Crippen MR) is 27.9 cm³/mol. The highest BCUT2D eigenvalue weighted by Gasteiger charge is 1.93. The van der Waals surface area contributed by atoms with Gasteiger partial charge in [0, 0.05) is 5.41 Å². The summed E-state index contributed by atoms with van der Waals surface area (Å²) in [6, 6.07) is 0. The second-order valence-electron chi connectivity index (χ2n) is 1.06. The topological polar surface area (TPSA) is 38.0 Å². The van der Waals surface area contributed by atoms with Gasteiger partial charge in [0.1, 0.15) is 5.82 Å². The molecule has 6 heavy (non-hydrogen) atoms. The molecule has 34 valence electrons. The van der Waals surface area contributed by atoms with Crippen LogP contribution in [-0.2, 0) is 0 Å². The van der Waals surface area contributed by atoms with E-state index in [2.05, 4.69) is 5.32 Å². The third-order valence-corrected chi connectivity index (χ3v) is 1.30. The summed E-state index contributed by atoms with van der Waals surface area (Å²) in [5, 5.41) is 4.82. The highest BCUT2D eigenvalue weighted by Crippen LogP contribution is 2.06. The van der Waals surface area contributed by atoms with E-state index in [1.807, 2.05) is 5.41 Å². The van der Waals surface area contributed by atoms with Crippen molar-refractivity contribution < 1.29 is 0 Å². The molecule has 0 unspecified atom stereocenters. The Kier molecular flexibility index (Phi) is 0.919. The van der Waals surface area contributed by atoms with Gasteiger partial charge < -0.3 is 11.1 Å². The molecule has 0 amide bonds. The normalized spacial score (nSPS) is 19.7. The number of hydrogen-bond acceptors (Lipinski definition) is 3. The van der Waals surface area contributed by atoms with E-state index >= 15 is 0 Å². The molecular weight excluding hydrogens is 96.1 g/mol. The maximum absolute atomic E-state index is 5.26. The van der Waals surface area contributed by atoms with Gasteiger partial charge in [0.25, 0.3) is 0 Å². The number of hydrogen-bond donors (Lipinski definition) is 2.